The van der Waals surface area contributed by atoms with Crippen molar-refractivity contribution >= 4 is 101 Å². The summed E-state index contributed by atoms with van der Waals surface area (Å²) in [5.41, 5.74) is 2.42. The smallest absolute Gasteiger partial charge is 0.391 e. The zero-order valence-electron chi connectivity index (χ0n) is 65.1. The number of alkyl halides is 3. The molecule has 12 rings (SSSR count). The molecule has 0 spiro atoms. The fourth-order valence-electron chi connectivity index (χ4n) is 16.6. The number of aliphatic hydroxyl groups excluding tert-OH is 1. The van der Waals surface area contributed by atoms with E-state index in [0.717, 1.165) is 121 Å². The quantitative estimate of drug-likeness (QED) is 0.0200. The van der Waals surface area contributed by atoms with Crippen LogP contribution in [0.3, 0.4) is 0 Å². The molecule has 113 heavy (non-hydrogen) atoms. The number of sulfone groups is 1. The van der Waals surface area contributed by atoms with Gasteiger partial charge in [-0.25, -0.2) is 26.5 Å². The molecule has 1 aliphatic carbocycles. The number of aromatic nitrogens is 1. The predicted octanol–water partition coefficient (Wildman–Crippen LogP) is 12.2. The highest BCUT2D eigenvalue weighted by Crippen LogP contribution is 2.46. The number of benzene rings is 5. The number of amides is 5. The maximum Gasteiger partial charge on any atom is 0.501 e. The summed E-state index contributed by atoms with van der Waals surface area (Å²) in [5, 5.41) is 20.5. The molecule has 5 saturated heterocycles. The first-order valence-corrected chi connectivity index (χ1v) is 44.4. The summed E-state index contributed by atoms with van der Waals surface area (Å²) in [4.78, 5) is 86.4. The van der Waals surface area contributed by atoms with E-state index in [-0.39, 0.29) is 66.2 Å². The Labute approximate surface area is 675 Å². The van der Waals surface area contributed by atoms with Gasteiger partial charge >= 0.3 is 5.51 Å². The normalized spacial score (nSPS) is 21.6. The number of carbonyl (C=O) groups is 5. The summed E-state index contributed by atoms with van der Waals surface area (Å²) < 4.78 is 105. The lowest BCUT2D eigenvalue weighted by molar-refractivity contribution is -0.144. The van der Waals surface area contributed by atoms with Crippen LogP contribution in [0.1, 0.15) is 145 Å². The fourth-order valence-corrected chi connectivity index (χ4v) is 20.5. The van der Waals surface area contributed by atoms with Gasteiger partial charge in [0.1, 0.15) is 17.0 Å². The number of morpholine rings is 1. The molecule has 6 aromatic rings. The van der Waals surface area contributed by atoms with E-state index in [9.17, 15) is 59.1 Å². The Morgan fingerprint density at radius 3 is 2.12 bits per heavy atom. The van der Waals surface area contributed by atoms with E-state index in [1.165, 1.54) is 39.9 Å². The van der Waals surface area contributed by atoms with E-state index in [4.69, 9.17) is 16.3 Å². The third-order valence-electron chi connectivity index (χ3n) is 22.9. The number of β-amino-alcohol motifs (C(OH)–C–C–N with tert-alkyl or cyclic N) is 1. The number of ether oxygens (including phenoxy) is 1. The second-order valence-electron chi connectivity index (χ2n) is 32.5. The standard InChI is InChI=1S/C83H105ClF3N11O11S4/c1-55(57-18-20-59(21-19-57)76-56(2)88-54-111-76)89-79(103)72-45-67(99)51-98(72)80(104)77(81(3,4)5)91-74(100)16-12-7-8-13-17-75(101)97-50-65-44-66(97)49-96(65)53-82(6)34-32-70(58-22-26-62(84)27-23-58)61(47-82)48-94-36-38-95(39-37-94)64-28-24-60(25-29-64)78(102)92-113(107,108)69-30-31-71(73(46-69)112(105,106)83(85,86)87)90-63(33-35-93-40-42-109-43-41-93)52-110-68-14-10-9-11-15-68/h9-11,14-15,18-31,46,54-55,63,65-67,72,77,90,99H,7-8,12-13,16-17,32-45,47-53H2,1-6H3,(H,89,103)(H,91,100)(H,92,102)/t55-,63+,65+,66+,67+,72-,77+,82?/m0/s1. The number of carbonyl (C=O) groups excluding carboxylic acids is 5. The average molecular weight is 1650 g/mol. The molecule has 5 fully saturated rings. The monoisotopic (exact) mass is 1650 g/mol. The second-order valence-corrected chi connectivity index (χ2v) is 38.4. The summed E-state index contributed by atoms with van der Waals surface area (Å²) in [7, 11) is -11.0. The number of rotatable bonds is 31. The van der Waals surface area contributed by atoms with Crippen molar-refractivity contribution in [3.63, 3.8) is 0 Å². The Bertz CT molecular complexity index is 4600. The van der Waals surface area contributed by atoms with Gasteiger partial charge in [0, 0.05) is 143 Å². The molecule has 6 aliphatic rings. The summed E-state index contributed by atoms with van der Waals surface area (Å²) in [6.45, 7) is 20.8. The van der Waals surface area contributed by atoms with E-state index in [1.807, 2.05) is 112 Å². The molecule has 5 amide bonds. The Hall–Kier alpha value is -7.45. The van der Waals surface area contributed by atoms with Crippen LogP contribution in [0.15, 0.2) is 147 Å². The number of aliphatic hydroxyl groups is 1. The van der Waals surface area contributed by atoms with Crippen LogP contribution in [0.5, 0.6) is 0 Å². The molecule has 5 aromatic carbocycles. The maximum atomic E-state index is 14.4. The summed E-state index contributed by atoms with van der Waals surface area (Å²) in [5.74, 6) is -1.59. The minimum Gasteiger partial charge on any atom is -0.391 e. The van der Waals surface area contributed by atoms with Crippen molar-refractivity contribution in [2.24, 2.45) is 10.8 Å². The van der Waals surface area contributed by atoms with Crippen molar-refractivity contribution in [1.82, 2.24) is 44.8 Å². The molecule has 1 aromatic heterocycles. The molecule has 5 N–H and O–H groups in total. The molecule has 6 heterocycles. The highest BCUT2D eigenvalue weighted by molar-refractivity contribution is 7.99. The number of aryl methyl sites for hydroxylation is 1. The molecule has 1 unspecified atom stereocenters. The van der Waals surface area contributed by atoms with Crippen LogP contribution in [0, 0.1) is 17.8 Å². The lowest BCUT2D eigenvalue weighted by Gasteiger charge is -2.44. The topological polar surface area (TPSA) is 264 Å². The van der Waals surface area contributed by atoms with E-state index in [1.54, 1.807) is 23.5 Å². The Morgan fingerprint density at radius 2 is 1.47 bits per heavy atom. The first kappa shape index (κ1) is 84.9. The first-order chi connectivity index (χ1) is 53.8. The number of likely N-dealkylation sites (tertiary alicyclic amines) is 3. The molecule has 30 heteroatoms. The van der Waals surface area contributed by atoms with Crippen molar-refractivity contribution < 1.29 is 63.8 Å². The number of piperazine rings is 2. The highest BCUT2D eigenvalue weighted by Gasteiger charge is 2.50. The Balaban J connectivity index is 0.589. The number of hydrogen-bond acceptors (Lipinski definition) is 19. The van der Waals surface area contributed by atoms with Gasteiger partial charge in [-0.15, -0.1) is 23.1 Å². The average Bonchev–Trinajstić information content (AvgIpc) is 1.69. The molecular formula is C83H105ClF3N11O11S4. The zero-order chi connectivity index (χ0) is 80.6. The number of hydrogen-bond donors (Lipinski definition) is 5. The van der Waals surface area contributed by atoms with Gasteiger partial charge in [-0.1, -0.05) is 112 Å². The number of nitrogens with zero attached hydrogens (tertiary/aromatic N) is 7. The molecule has 8 atom stereocenters. The van der Waals surface area contributed by atoms with Crippen LogP contribution in [0.4, 0.5) is 24.5 Å². The SMILES string of the molecule is Cc1ncsc1-c1ccc([C@H](C)NC(=O)[C@@H]2C[C@@H](O)CN2C(=O)[C@@H](NC(=O)CCCCCCC(=O)N2C[C@H]3C[C@@H]2CN3CC2(C)CCC(c3ccc(Cl)cc3)=C(CN3CCN(c4ccc(C(=O)NS(=O)(=O)c5ccc(N[C@H](CCN6CCOCC6)CSc6ccccc6)c(S(=O)(=O)C(F)(F)F)c5)cc4)CC3)C2)C(C)(C)C)cc1. The number of sulfonamides is 1. The number of unbranched alkanes of at least 4 members (excludes halogenated alkanes) is 3. The van der Waals surface area contributed by atoms with Crippen LogP contribution in [0.2, 0.25) is 5.02 Å². The molecule has 22 nitrogen and oxygen atoms in total. The number of halogens is 4. The second kappa shape index (κ2) is 36.8. The molecule has 0 radical (unpaired) electrons. The number of anilines is 2. The third kappa shape index (κ3) is 21.4. The fraction of sp³-hybridized carbons (Fsp3) is 0.518. The molecular weight excluding hydrogens is 1550 g/mol. The number of allylic oxidation sites excluding steroid dienone is 1. The van der Waals surface area contributed by atoms with E-state index in [0.29, 0.717) is 95.0 Å². The molecule has 0 saturated carbocycles. The Kier molecular flexibility index (Phi) is 27.7. The van der Waals surface area contributed by atoms with Gasteiger partial charge < -0.3 is 40.5 Å². The van der Waals surface area contributed by atoms with Crippen LogP contribution in [-0.4, -0.2) is 220 Å². The first-order valence-electron chi connectivity index (χ1n) is 39.2. The molecule has 2 bridgehead atoms. The minimum absolute atomic E-state index is 0.0195. The van der Waals surface area contributed by atoms with Crippen LogP contribution >= 0.6 is 34.7 Å². The van der Waals surface area contributed by atoms with Gasteiger partial charge in [0.05, 0.1) is 52.0 Å². The van der Waals surface area contributed by atoms with Crippen molar-refractivity contribution in [2.75, 3.05) is 108 Å². The summed E-state index contributed by atoms with van der Waals surface area (Å²) in [6, 6.07) is 31.8. The molecule has 610 valence electrons. The minimum atomic E-state index is -6.11. The number of nitrogens with one attached hydrogen (secondary N) is 4. The van der Waals surface area contributed by atoms with Crippen molar-refractivity contribution in [3.05, 3.63) is 160 Å². The van der Waals surface area contributed by atoms with E-state index in [2.05, 4.69) is 64.5 Å². The number of fused-ring (bicyclic) bond motifs is 2. The highest BCUT2D eigenvalue weighted by atomic mass is 35.5. The van der Waals surface area contributed by atoms with Gasteiger partial charge in [0.25, 0.3) is 25.8 Å². The van der Waals surface area contributed by atoms with Crippen molar-refractivity contribution in [3.8, 4) is 10.4 Å². The largest absolute Gasteiger partial charge is 0.501 e. The predicted molar refractivity (Wildman–Crippen MR) is 436 cm³/mol. The molecule has 5 aliphatic heterocycles. The zero-order valence-corrected chi connectivity index (χ0v) is 69.1. The van der Waals surface area contributed by atoms with Crippen LogP contribution < -0.4 is 25.6 Å². The van der Waals surface area contributed by atoms with Gasteiger partial charge in [0.15, 0.2) is 0 Å². The van der Waals surface area contributed by atoms with Gasteiger partial charge in [-0.05, 0) is 159 Å². The van der Waals surface area contributed by atoms with Crippen LogP contribution in [-0.2, 0) is 43.8 Å². The van der Waals surface area contributed by atoms with E-state index >= 15 is 0 Å². The van der Waals surface area contributed by atoms with Gasteiger partial charge in [-0.3, -0.25) is 38.7 Å². The maximum absolute atomic E-state index is 14.4. The van der Waals surface area contributed by atoms with Crippen molar-refractivity contribution in [1.29, 1.82) is 0 Å². The number of thioether (sulfide) groups is 1. The summed E-state index contributed by atoms with van der Waals surface area (Å²) in [6.07, 6.45) is 6.80. The van der Waals surface area contributed by atoms with Gasteiger partial charge in [0.2, 0.25) is 23.6 Å². The lowest BCUT2D eigenvalue weighted by Crippen LogP contribution is -2.57. The van der Waals surface area contributed by atoms with Crippen molar-refractivity contribution in [2.45, 2.75) is 181 Å². The van der Waals surface area contributed by atoms with Crippen LogP contribution in [0.25, 0.3) is 16.0 Å². The number of thiazole rings is 1. The third-order valence-corrected chi connectivity index (χ3v) is 28.2. The lowest BCUT2D eigenvalue weighted by atomic mass is 9.71. The summed E-state index contributed by atoms with van der Waals surface area (Å²) >= 11 is 9.42. The van der Waals surface area contributed by atoms with Gasteiger partial charge in [-0.2, -0.15) is 13.2 Å². The Morgan fingerprint density at radius 1 is 0.779 bits per heavy atom. The van der Waals surface area contributed by atoms with E-state index < -0.39 is 82.3 Å².